The van der Waals surface area contributed by atoms with E-state index in [1.54, 1.807) is 19.1 Å². The Balaban J connectivity index is 2.64. The molecule has 3 amide bonds. The van der Waals surface area contributed by atoms with Crippen LogP contribution in [0.15, 0.2) is 24.3 Å². The molecule has 110 valence electrons. The van der Waals surface area contributed by atoms with Gasteiger partial charge in [0.1, 0.15) is 0 Å². The molecule has 0 saturated carbocycles. The standard InChI is InChI=1S/C14H20N2O4/c1-4-20-14(18)15-13(17)16(19)12-7-5-11(6-8-12)9-10(2)3/h5-8,10,19H,4,9H2,1-3H3,(H,15,17,18). The fourth-order valence-corrected chi connectivity index (χ4v) is 1.67. The molecule has 0 aliphatic carbocycles. The molecule has 0 aliphatic heterocycles. The highest BCUT2D eigenvalue weighted by Gasteiger charge is 2.16. The van der Waals surface area contributed by atoms with Gasteiger partial charge in [-0.05, 0) is 37.0 Å². The number of hydrogen-bond donors (Lipinski definition) is 2. The summed E-state index contributed by atoms with van der Waals surface area (Å²) in [7, 11) is 0. The number of rotatable bonds is 4. The number of hydrogen-bond acceptors (Lipinski definition) is 4. The summed E-state index contributed by atoms with van der Waals surface area (Å²) in [5.74, 6) is 0.526. The lowest BCUT2D eigenvalue weighted by molar-refractivity contribution is 0.149. The fraction of sp³-hybridized carbons (Fsp3) is 0.429. The van der Waals surface area contributed by atoms with E-state index in [1.807, 2.05) is 17.4 Å². The number of benzene rings is 1. The zero-order valence-electron chi connectivity index (χ0n) is 11.9. The number of anilines is 1. The lowest BCUT2D eigenvalue weighted by Crippen LogP contribution is -2.41. The Morgan fingerprint density at radius 3 is 2.40 bits per heavy atom. The van der Waals surface area contributed by atoms with Gasteiger partial charge in [0.15, 0.2) is 0 Å². The molecule has 0 bridgehead atoms. The number of nitrogens with one attached hydrogen (secondary N) is 1. The summed E-state index contributed by atoms with van der Waals surface area (Å²) in [6.45, 7) is 5.99. The average molecular weight is 280 g/mol. The minimum absolute atomic E-state index is 0.147. The summed E-state index contributed by atoms with van der Waals surface area (Å²) >= 11 is 0. The maximum Gasteiger partial charge on any atom is 0.415 e. The van der Waals surface area contributed by atoms with Gasteiger partial charge in [0.2, 0.25) is 0 Å². The number of carbonyl (C=O) groups excluding carboxylic acids is 2. The van der Waals surface area contributed by atoms with Gasteiger partial charge >= 0.3 is 12.1 Å². The molecule has 2 N–H and O–H groups in total. The quantitative estimate of drug-likeness (QED) is 0.656. The highest BCUT2D eigenvalue weighted by molar-refractivity contribution is 5.99. The lowest BCUT2D eigenvalue weighted by atomic mass is 10.0. The van der Waals surface area contributed by atoms with Crippen molar-refractivity contribution < 1.29 is 19.5 Å². The maximum absolute atomic E-state index is 11.6. The number of imide groups is 1. The van der Waals surface area contributed by atoms with Crippen molar-refractivity contribution in [2.75, 3.05) is 11.7 Å². The Bertz CT molecular complexity index is 457. The highest BCUT2D eigenvalue weighted by Crippen LogP contribution is 2.16. The van der Waals surface area contributed by atoms with E-state index < -0.39 is 12.1 Å². The van der Waals surface area contributed by atoms with Crippen LogP contribution < -0.4 is 10.4 Å². The summed E-state index contributed by atoms with van der Waals surface area (Å²) in [5, 5.41) is 12.0. The third-order valence-electron chi connectivity index (χ3n) is 2.50. The Kier molecular flexibility index (Phi) is 5.99. The van der Waals surface area contributed by atoms with Crippen molar-refractivity contribution in [2.24, 2.45) is 5.92 Å². The molecular weight excluding hydrogens is 260 g/mol. The molecule has 0 spiro atoms. The van der Waals surface area contributed by atoms with Crippen molar-refractivity contribution in [3.05, 3.63) is 29.8 Å². The van der Waals surface area contributed by atoms with E-state index in [2.05, 4.69) is 18.6 Å². The van der Waals surface area contributed by atoms with Crippen LogP contribution in [0.2, 0.25) is 0 Å². The normalized spacial score (nSPS) is 10.2. The molecule has 0 saturated heterocycles. The summed E-state index contributed by atoms with van der Waals surface area (Å²) in [4.78, 5) is 22.6. The molecule has 1 aromatic rings. The number of hydroxylamine groups is 1. The predicted octanol–water partition coefficient (Wildman–Crippen LogP) is 2.95. The Morgan fingerprint density at radius 1 is 1.30 bits per heavy atom. The predicted molar refractivity (Wildman–Crippen MR) is 74.8 cm³/mol. The van der Waals surface area contributed by atoms with Crippen LogP contribution in [-0.2, 0) is 11.2 Å². The van der Waals surface area contributed by atoms with Crippen LogP contribution in [0.1, 0.15) is 26.3 Å². The van der Waals surface area contributed by atoms with Crippen LogP contribution in [0, 0.1) is 5.92 Å². The molecule has 6 heteroatoms. The lowest BCUT2D eigenvalue weighted by Gasteiger charge is -2.15. The van der Waals surface area contributed by atoms with Crippen LogP contribution in [0.4, 0.5) is 15.3 Å². The number of nitrogens with zero attached hydrogens (tertiary/aromatic N) is 1. The zero-order chi connectivity index (χ0) is 15.1. The summed E-state index contributed by atoms with van der Waals surface area (Å²) < 4.78 is 4.55. The van der Waals surface area contributed by atoms with E-state index in [0.717, 1.165) is 12.0 Å². The van der Waals surface area contributed by atoms with E-state index >= 15 is 0 Å². The minimum Gasteiger partial charge on any atom is -0.450 e. The van der Waals surface area contributed by atoms with Gasteiger partial charge in [0, 0.05) is 0 Å². The number of urea groups is 1. The highest BCUT2D eigenvalue weighted by atomic mass is 16.6. The third-order valence-corrected chi connectivity index (χ3v) is 2.50. The van der Waals surface area contributed by atoms with Gasteiger partial charge in [-0.15, -0.1) is 0 Å². The van der Waals surface area contributed by atoms with Crippen molar-refractivity contribution in [3.8, 4) is 0 Å². The molecule has 1 rings (SSSR count). The van der Waals surface area contributed by atoms with E-state index in [9.17, 15) is 14.8 Å². The van der Waals surface area contributed by atoms with E-state index in [1.165, 1.54) is 0 Å². The molecule has 1 aromatic carbocycles. The topological polar surface area (TPSA) is 78.9 Å². The Hall–Kier alpha value is -2.08. The van der Waals surface area contributed by atoms with Gasteiger partial charge in [-0.2, -0.15) is 5.06 Å². The molecule has 0 heterocycles. The molecule has 0 atom stereocenters. The smallest absolute Gasteiger partial charge is 0.415 e. The van der Waals surface area contributed by atoms with Crippen molar-refractivity contribution in [2.45, 2.75) is 27.2 Å². The number of ether oxygens (including phenoxy) is 1. The van der Waals surface area contributed by atoms with Gasteiger partial charge in [-0.3, -0.25) is 5.21 Å². The molecule has 0 aliphatic rings. The van der Waals surface area contributed by atoms with Crippen molar-refractivity contribution in [1.82, 2.24) is 5.32 Å². The van der Waals surface area contributed by atoms with Crippen LogP contribution in [0.5, 0.6) is 0 Å². The average Bonchev–Trinajstić information content (AvgIpc) is 2.38. The first-order chi connectivity index (χ1) is 9.43. The molecule has 0 unspecified atom stereocenters. The summed E-state index contributed by atoms with van der Waals surface area (Å²) in [6, 6.07) is 5.93. The molecular formula is C14H20N2O4. The zero-order valence-corrected chi connectivity index (χ0v) is 11.9. The van der Waals surface area contributed by atoms with Crippen LogP contribution in [-0.4, -0.2) is 23.9 Å². The van der Waals surface area contributed by atoms with Crippen LogP contribution >= 0.6 is 0 Å². The SMILES string of the molecule is CCOC(=O)NC(=O)N(O)c1ccc(CC(C)C)cc1. The van der Waals surface area contributed by atoms with Crippen molar-refractivity contribution in [1.29, 1.82) is 0 Å². The van der Waals surface area contributed by atoms with Gasteiger partial charge in [-0.25, -0.2) is 14.9 Å². The molecule has 0 fully saturated rings. The number of carbonyl (C=O) groups is 2. The first-order valence-corrected chi connectivity index (χ1v) is 6.49. The van der Waals surface area contributed by atoms with Crippen LogP contribution in [0.3, 0.4) is 0 Å². The largest absolute Gasteiger partial charge is 0.450 e. The monoisotopic (exact) mass is 280 g/mol. The van der Waals surface area contributed by atoms with Gasteiger partial charge in [-0.1, -0.05) is 26.0 Å². The Labute approximate surface area is 118 Å². The van der Waals surface area contributed by atoms with E-state index in [4.69, 9.17) is 0 Å². The van der Waals surface area contributed by atoms with Crippen molar-refractivity contribution >= 4 is 17.8 Å². The fourth-order valence-electron chi connectivity index (χ4n) is 1.67. The molecule has 20 heavy (non-hydrogen) atoms. The third kappa shape index (κ3) is 4.89. The van der Waals surface area contributed by atoms with Crippen molar-refractivity contribution in [3.63, 3.8) is 0 Å². The first kappa shape index (κ1) is 16.0. The van der Waals surface area contributed by atoms with Crippen LogP contribution in [0.25, 0.3) is 0 Å². The minimum atomic E-state index is -0.958. The first-order valence-electron chi connectivity index (χ1n) is 6.49. The second-order valence-corrected chi connectivity index (χ2v) is 4.73. The summed E-state index contributed by atoms with van der Waals surface area (Å²) in [5.41, 5.74) is 1.39. The van der Waals surface area contributed by atoms with Gasteiger partial charge in [0.05, 0.1) is 12.3 Å². The van der Waals surface area contributed by atoms with E-state index in [-0.39, 0.29) is 12.3 Å². The maximum atomic E-state index is 11.6. The Morgan fingerprint density at radius 2 is 1.90 bits per heavy atom. The molecule has 0 radical (unpaired) electrons. The summed E-state index contributed by atoms with van der Waals surface area (Å²) in [6.07, 6.45) is 0.0220. The molecule has 0 aromatic heterocycles. The van der Waals surface area contributed by atoms with Gasteiger partial charge < -0.3 is 4.74 Å². The van der Waals surface area contributed by atoms with E-state index in [0.29, 0.717) is 11.0 Å². The van der Waals surface area contributed by atoms with Gasteiger partial charge in [0.25, 0.3) is 0 Å². The second-order valence-electron chi connectivity index (χ2n) is 4.73. The molecule has 6 nitrogen and oxygen atoms in total. The second kappa shape index (κ2) is 7.49. The number of alkyl carbamates (subject to hydrolysis) is 1. The number of amides is 3.